The molecule has 0 bridgehead atoms. The molecule has 146 valence electrons. The number of hydrogen-bond donors (Lipinski definition) is 2. The zero-order chi connectivity index (χ0) is 19.4. The second kappa shape index (κ2) is 8.41. The largest absolute Gasteiger partial charge is 0.352 e. The maximum Gasteiger partial charge on any atom is 0.315 e. The molecule has 7 heteroatoms. The average Bonchev–Trinajstić information content (AvgIpc) is 2.68. The number of benzene rings is 1. The fourth-order valence-corrected chi connectivity index (χ4v) is 3.49. The summed E-state index contributed by atoms with van der Waals surface area (Å²) < 4.78 is 1.78. The Hall–Kier alpha value is -2.57. The Morgan fingerprint density at radius 1 is 1.26 bits per heavy atom. The van der Waals surface area contributed by atoms with E-state index in [2.05, 4.69) is 15.6 Å². The molecule has 0 saturated carbocycles. The highest BCUT2D eigenvalue weighted by Crippen LogP contribution is 2.18. The minimum absolute atomic E-state index is 0.0443. The third kappa shape index (κ3) is 4.23. The van der Waals surface area contributed by atoms with Crippen molar-refractivity contribution in [2.45, 2.75) is 58.7 Å². The maximum atomic E-state index is 12.9. The number of fused-ring (bicyclic) bond motifs is 1. The molecule has 7 nitrogen and oxygen atoms in total. The summed E-state index contributed by atoms with van der Waals surface area (Å²) >= 11 is 0. The van der Waals surface area contributed by atoms with Gasteiger partial charge in [-0.3, -0.25) is 4.79 Å². The SMILES string of the molecule is CCC(C)NC(=O)NC1CCN(c2nc3ccccc3n(CC)c2=O)CC1. The van der Waals surface area contributed by atoms with Crippen LogP contribution in [0.5, 0.6) is 0 Å². The second-order valence-electron chi connectivity index (χ2n) is 7.16. The highest BCUT2D eigenvalue weighted by molar-refractivity contribution is 5.76. The molecular formula is C20H29N5O2. The van der Waals surface area contributed by atoms with Crippen molar-refractivity contribution in [3.8, 4) is 0 Å². The van der Waals surface area contributed by atoms with E-state index in [1.54, 1.807) is 4.57 Å². The normalized spacial score (nSPS) is 16.3. The summed E-state index contributed by atoms with van der Waals surface area (Å²) in [6.45, 7) is 8.04. The number of urea groups is 1. The summed E-state index contributed by atoms with van der Waals surface area (Å²) in [7, 11) is 0. The highest BCUT2D eigenvalue weighted by Gasteiger charge is 2.24. The molecule has 2 heterocycles. The summed E-state index contributed by atoms with van der Waals surface area (Å²) in [5, 5.41) is 5.98. The molecule has 1 aliphatic rings. The third-order valence-electron chi connectivity index (χ3n) is 5.27. The van der Waals surface area contributed by atoms with E-state index in [9.17, 15) is 9.59 Å². The molecular weight excluding hydrogens is 342 g/mol. The Balaban J connectivity index is 1.70. The molecule has 0 aliphatic carbocycles. The van der Waals surface area contributed by atoms with Gasteiger partial charge in [0.05, 0.1) is 11.0 Å². The molecule has 1 aromatic heterocycles. The Labute approximate surface area is 159 Å². The van der Waals surface area contributed by atoms with E-state index in [-0.39, 0.29) is 23.7 Å². The number of para-hydroxylation sites is 2. The van der Waals surface area contributed by atoms with Crippen LogP contribution >= 0.6 is 0 Å². The minimum Gasteiger partial charge on any atom is -0.352 e. The molecule has 1 aromatic carbocycles. The van der Waals surface area contributed by atoms with Gasteiger partial charge >= 0.3 is 6.03 Å². The van der Waals surface area contributed by atoms with Gasteiger partial charge in [-0.05, 0) is 45.2 Å². The molecule has 1 unspecified atom stereocenters. The lowest BCUT2D eigenvalue weighted by atomic mass is 10.1. The zero-order valence-electron chi connectivity index (χ0n) is 16.4. The summed E-state index contributed by atoms with van der Waals surface area (Å²) in [4.78, 5) is 31.6. The van der Waals surface area contributed by atoms with Gasteiger partial charge in [-0.2, -0.15) is 0 Å². The molecule has 1 saturated heterocycles. The van der Waals surface area contributed by atoms with Gasteiger partial charge in [0.2, 0.25) is 0 Å². The molecule has 1 fully saturated rings. The van der Waals surface area contributed by atoms with E-state index in [0.29, 0.717) is 25.5 Å². The Morgan fingerprint density at radius 2 is 1.96 bits per heavy atom. The van der Waals surface area contributed by atoms with Crippen LogP contribution < -0.4 is 21.1 Å². The summed E-state index contributed by atoms with van der Waals surface area (Å²) in [6, 6.07) is 7.92. The van der Waals surface area contributed by atoms with Crippen LogP contribution in [-0.2, 0) is 6.54 Å². The van der Waals surface area contributed by atoms with Gasteiger partial charge in [-0.1, -0.05) is 19.1 Å². The smallest absolute Gasteiger partial charge is 0.315 e. The van der Waals surface area contributed by atoms with Gasteiger partial charge in [0.15, 0.2) is 5.82 Å². The van der Waals surface area contributed by atoms with Crippen LogP contribution in [0.4, 0.5) is 10.6 Å². The van der Waals surface area contributed by atoms with E-state index in [0.717, 1.165) is 30.3 Å². The van der Waals surface area contributed by atoms with Gasteiger partial charge < -0.3 is 20.1 Å². The predicted molar refractivity (Wildman–Crippen MR) is 108 cm³/mol. The van der Waals surface area contributed by atoms with Crippen LogP contribution in [0.3, 0.4) is 0 Å². The predicted octanol–water partition coefficient (Wildman–Crippen LogP) is 2.48. The van der Waals surface area contributed by atoms with Crippen molar-refractivity contribution >= 4 is 22.9 Å². The van der Waals surface area contributed by atoms with Crippen molar-refractivity contribution in [1.29, 1.82) is 0 Å². The summed E-state index contributed by atoms with van der Waals surface area (Å²) in [6.07, 6.45) is 2.51. The van der Waals surface area contributed by atoms with Crippen molar-refractivity contribution in [3.63, 3.8) is 0 Å². The van der Waals surface area contributed by atoms with E-state index in [1.807, 2.05) is 49.9 Å². The molecule has 1 aliphatic heterocycles. The molecule has 2 N–H and O–H groups in total. The van der Waals surface area contributed by atoms with Crippen LogP contribution in [0.2, 0.25) is 0 Å². The monoisotopic (exact) mass is 371 g/mol. The van der Waals surface area contributed by atoms with Gasteiger partial charge in [0.1, 0.15) is 0 Å². The molecule has 2 aromatic rings. The van der Waals surface area contributed by atoms with Gasteiger partial charge in [-0.25, -0.2) is 9.78 Å². The lowest BCUT2D eigenvalue weighted by Gasteiger charge is -2.33. The van der Waals surface area contributed by atoms with E-state index in [1.165, 1.54) is 0 Å². The number of piperidine rings is 1. The van der Waals surface area contributed by atoms with Crippen molar-refractivity contribution in [2.75, 3.05) is 18.0 Å². The zero-order valence-corrected chi connectivity index (χ0v) is 16.4. The maximum absolute atomic E-state index is 12.9. The van der Waals surface area contributed by atoms with Gasteiger partial charge in [0.25, 0.3) is 5.56 Å². The van der Waals surface area contributed by atoms with Crippen LogP contribution in [0.1, 0.15) is 40.0 Å². The molecule has 0 spiro atoms. The third-order valence-corrected chi connectivity index (χ3v) is 5.27. The molecule has 2 amide bonds. The lowest BCUT2D eigenvalue weighted by molar-refractivity contribution is 0.231. The number of aryl methyl sites for hydroxylation is 1. The number of anilines is 1. The second-order valence-corrected chi connectivity index (χ2v) is 7.16. The number of nitrogens with one attached hydrogen (secondary N) is 2. The first-order valence-electron chi connectivity index (χ1n) is 9.85. The standard InChI is InChI=1S/C20H29N5O2/c1-4-14(3)21-20(27)22-15-10-12-24(13-11-15)18-19(26)25(5-2)17-9-7-6-8-16(17)23-18/h6-9,14-15H,4-5,10-13H2,1-3H3,(H2,21,22,27). The number of hydrogen-bond acceptors (Lipinski definition) is 4. The number of carbonyl (C=O) groups excluding carboxylic acids is 1. The van der Waals surface area contributed by atoms with Crippen molar-refractivity contribution < 1.29 is 4.79 Å². The highest BCUT2D eigenvalue weighted by atomic mass is 16.2. The summed E-state index contributed by atoms with van der Waals surface area (Å²) in [5.41, 5.74) is 1.66. The van der Waals surface area contributed by atoms with Crippen LogP contribution in [0.15, 0.2) is 29.1 Å². The van der Waals surface area contributed by atoms with Crippen LogP contribution in [0.25, 0.3) is 11.0 Å². The fraction of sp³-hybridized carbons (Fsp3) is 0.550. The first kappa shape index (κ1) is 19.2. The van der Waals surface area contributed by atoms with Crippen molar-refractivity contribution in [1.82, 2.24) is 20.2 Å². The van der Waals surface area contributed by atoms with Crippen molar-refractivity contribution in [2.24, 2.45) is 0 Å². The Bertz CT molecular complexity index is 855. The Morgan fingerprint density at radius 3 is 2.63 bits per heavy atom. The molecule has 3 rings (SSSR count). The Kier molecular flexibility index (Phi) is 5.98. The molecule has 1 atom stereocenters. The first-order chi connectivity index (χ1) is 13.0. The van der Waals surface area contributed by atoms with Gasteiger partial charge in [0, 0.05) is 31.7 Å². The number of aromatic nitrogens is 2. The lowest BCUT2D eigenvalue weighted by Crippen LogP contribution is -2.50. The minimum atomic E-state index is -0.111. The fourth-order valence-electron chi connectivity index (χ4n) is 3.49. The molecule has 27 heavy (non-hydrogen) atoms. The average molecular weight is 371 g/mol. The van der Waals surface area contributed by atoms with E-state index >= 15 is 0 Å². The number of rotatable bonds is 5. The number of amides is 2. The van der Waals surface area contributed by atoms with Crippen molar-refractivity contribution in [3.05, 3.63) is 34.6 Å². The van der Waals surface area contributed by atoms with Gasteiger partial charge in [-0.15, -0.1) is 0 Å². The first-order valence-corrected chi connectivity index (χ1v) is 9.85. The number of carbonyl (C=O) groups is 1. The molecule has 0 radical (unpaired) electrons. The summed E-state index contributed by atoms with van der Waals surface area (Å²) in [5.74, 6) is 0.512. The number of nitrogens with zero attached hydrogens (tertiary/aromatic N) is 3. The topological polar surface area (TPSA) is 79.3 Å². The quantitative estimate of drug-likeness (QED) is 0.846. The van der Waals surface area contributed by atoms with E-state index < -0.39 is 0 Å². The van der Waals surface area contributed by atoms with Crippen LogP contribution in [0, 0.1) is 0 Å². The van der Waals surface area contributed by atoms with E-state index in [4.69, 9.17) is 0 Å². The van der Waals surface area contributed by atoms with Crippen LogP contribution in [-0.4, -0.2) is 40.8 Å².